The van der Waals surface area contributed by atoms with Crippen molar-refractivity contribution in [1.29, 1.82) is 0 Å². The first kappa shape index (κ1) is 12.1. The minimum Gasteiger partial charge on any atom is -0.490 e. The Morgan fingerprint density at radius 1 is 1.41 bits per heavy atom. The summed E-state index contributed by atoms with van der Waals surface area (Å²) in [5.74, 6) is 1.07. The molecule has 2 aromatic heterocycles. The van der Waals surface area contributed by atoms with Gasteiger partial charge in [-0.3, -0.25) is 0 Å². The van der Waals surface area contributed by atoms with E-state index in [2.05, 4.69) is 20.3 Å². The summed E-state index contributed by atoms with van der Waals surface area (Å²) in [4.78, 5) is 12.1. The number of rotatable bonds is 5. The van der Waals surface area contributed by atoms with E-state index in [-0.39, 0.29) is 0 Å². The highest BCUT2D eigenvalue weighted by atomic mass is 35.5. The fraction of sp³-hybridized carbons (Fsp3) is 0.300. The molecular formula is C10H11ClN4OS. The number of hydrogen-bond acceptors (Lipinski definition) is 6. The SMILES string of the molecule is COc1c(Cl)ncnc1NCCc1nccs1. The second kappa shape index (κ2) is 5.79. The van der Waals surface area contributed by atoms with E-state index in [0.717, 1.165) is 18.0 Å². The largest absolute Gasteiger partial charge is 0.490 e. The summed E-state index contributed by atoms with van der Waals surface area (Å²) in [6.45, 7) is 0.719. The van der Waals surface area contributed by atoms with Crippen molar-refractivity contribution < 1.29 is 4.74 Å². The molecule has 7 heteroatoms. The number of methoxy groups -OCH3 is 1. The third kappa shape index (κ3) is 3.04. The Balaban J connectivity index is 1.97. The number of nitrogens with zero attached hydrogens (tertiary/aromatic N) is 3. The van der Waals surface area contributed by atoms with E-state index in [1.165, 1.54) is 13.4 Å². The van der Waals surface area contributed by atoms with E-state index in [1.54, 1.807) is 17.5 Å². The molecule has 0 aliphatic heterocycles. The lowest BCUT2D eigenvalue weighted by atomic mass is 10.4. The second-order valence-corrected chi connectivity index (χ2v) is 4.49. The van der Waals surface area contributed by atoms with Gasteiger partial charge >= 0.3 is 0 Å². The van der Waals surface area contributed by atoms with Crippen LogP contribution in [0.25, 0.3) is 0 Å². The molecule has 0 radical (unpaired) electrons. The Bertz CT molecular complexity index is 477. The number of thiazole rings is 1. The lowest BCUT2D eigenvalue weighted by molar-refractivity contribution is 0.413. The molecule has 2 rings (SSSR count). The van der Waals surface area contributed by atoms with Gasteiger partial charge in [0.25, 0.3) is 0 Å². The molecular weight excluding hydrogens is 260 g/mol. The van der Waals surface area contributed by atoms with Crippen LogP contribution in [0.1, 0.15) is 5.01 Å². The van der Waals surface area contributed by atoms with Crippen molar-refractivity contribution in [2.45, 2.75) is 6.42 Å². The Morgan fingerprint density at radius 3 is 3.00 bits per heavy atom. The van der Waals surface area contributed by atoms with Crippen LogP contribution in [0.5, 0.6) is 5.75 Å². The van der Waals surface area contributed by atoms with Gasteiger partial charge in [0, 0.05) is 24.5 Å². The monoisotopic (exact) mass is 270 g/mol. The zero-order valence-corrected chi connectivity index (χ0v) is 10.8. The van der Waals surface area contributed by atoms with Crippen LogP contribution in [0.4, 0.5) is 5.82 Å². The predicted molar refractivity (Wildman–Crippen MR) is 67.9 cm³/mol. The quantitative estimate of drug-likeness (QED) is 0.845. The molecule has 90 valence electrons. The van der Waals surface area contributed by atoms with Gasteiger partial charge in [0.05, 0.1) is 12.1 Å². The number of anilines is 1. The van der Waals surface area contributed by atoms with E-state index >= 15 is 0 Å². The first-order valence-electron chi connectivity index (χ1n) is 4.98. The molecule has 17 heavy (non-hydrogen) atoms. The van der Waals surface area contributed by atoms with E-state index in [9.17, 15) is 0 Å². The predicted octanol–water partition coefficient (Wildman–Crippen LogP) is 2.25. The van der Waals surface area contributed by atoms with Gasteiger partial charge in [-0.25, -0.2) is 15.0 Å². The molecule has 0 aromatic carbocycles. The maximum absolute atomic E-state index is 5.88. The number of ether oxygens (including phenoxy) is 1. The standard InChI is InChI=1S/C10H11ClN4OS/c1-16-8-9(11)14-6-15-10(8)13-3-2-7-12-4-5-17-7/h4-6H,2-3H2,1H3,(H,13,14,15). The molecule has 0 atom stereocenters. The smallest absolute Gasteiger partial charge is 0.198 e. The Hall–Kier alpha value is -1.40. The summed E-state index contributed by atoms with van der Waals surface area (Å²) < 4.78 is 5.13. The van der Waals surface area contributed by atoms with Crippen molar-refractivity contribution in [3.63, 3.8) is 0 Å². The third-order valence-corrected chi connectivity index (χ3v) is 3.19. The van der Waals surface area contributed by atoms with Crippen molar-refractivity contribution in [2.75, 3.05) is 19.0 Å². The van der Waals surface area contributed by atoms with Crippen molar-refractivity contribution in [3.8, 4) is 5.75 Å². The van der Waals surface area contributed by atoms with Crippen LogP contribution < -0.4 is 10.1 Å². The van der Waals surface area contributed by atoms with Crippen molar-refractivity contribution in [3.05, 3.63) is 28.1 Å². The first-order valence-corrected chi connectivity index (χ1v) is 6.23. The Kier molecular flexibility index (Phi) is 4.11. The molecule has 0 unspecified atom stereocenters. The molecule has 5 nitrogen and oxygen atoms in total. The summed E-state index contributed by atoms with van der Waals surface area (Å²) in [7, 11) is 1.54. The molecule has 0 bridgehead atoms. The topological polar surface area (TPSA) is 59.9 Å². The fourth-order valence-electron chi connectivity index (χ4n) is 1.32. The van der Waals surface area contributed by atoms with Gasteiger partial charge in [0.1, 0.15) is 6.33 Å². The van der Waals surface area contributed by atoms with Crippen LogP contribution in [-0.4, -0.2) is 28.6 Å². The summed E-state index contributed by atoms with van der Waals surface area (Å²) in [5.41, 5.74) is 0. The molecule has 0 spiro atoms. The van der Waals surface area contributed by atoms with E-state index < -0.39 is 0 Å². The summed E-state index contributed by atoms with van der Waals surface area (Å²) in [5, 5.41) is 6.49. The van der Waals surface area contributed by atoms with Gasteiger partial charge in [-0.05, 0) is 0 Å². The van der Waals surface area contributed by atoms with Gasteiger partial charge in [-0.15, -0.1) is 11.3 Å². The summed E-state index contributed by atoms with van der Waals surface area (Å²) in [6, 6.07) is 0. The lowest BCUT2D eigenvalue weighted by Crippen LogP contribution is -2.08. The molecule has 0 aliphatic rings. The molecule has 0 saturated carbocycles. The maximum Gasteiger partial charge on any atom is 0.198 e. The first-order chi connectivity index (χ1) is 8.31. The third-order valence-electron chi connectivity index (χ3n) is 2.08. The minimum atomic E-state index is 0.305. The maximum atomic E-state index is 5.88. The normalized spacial score (nSPS) is 10.2. The van der Waals surface area contributed by atoms with Gasteiger partial charge in [0.15, 0.2) is 16.7 Å². The van der Waals surface area contributed by atoms with Crippen LogP contribution in [0.15, 0.2) is 17.9 Å². The van der Waals surface area contributed by atoms with E-state index in [4.69, 9.17) is 16.3 Å². The van der Waals surface area contributed by atoms with Gasteiger partial charge in [0.2, 0.25) is 0 Å². The van der Waals surface area contributed by atoms with Crippen LogP contribution >= 0.6 is 22.9 Å². The van der Waals surface area contributed by atoms with Crippen molar-refractivity contribution in [1.82, 2.24) is 15.0 Å². The zero-order valence-electron chi connectivity index (χ0n) is 9.18. The Morgan fingerprint density at radius 2 is 2.29 bits per heavy atom. The van der Waals surface area contributed by atoms with Crippen molar-refractivity contribution in [2.24, 2.45) is 0 Å². The molecule has 0 fully saturated rings. The number of halogens is 1. The summed E-state index contributed by atoms with van der Waals surface area (Å²) in [6.07, 6.45) is 4.03. The number of hydrogen-bond donors (Lipinski definition) is 1. The highest BCUT2D eigenvalue weighted by Crippen LogP contribution is 2.28. The molecule has 0 saturated heterocycles. The van der Waals surface area contributed by atoms with Gasteiger partial charge in [-0.2, -0.15) is 0 Å². The fourth-order valence-corrected chi connectivity index (χ4v) is 2.15. The van der Waals surface area contributed by atoms with Crippen molar-refractivity contribution >= 4 is 28.8 Å². The zero-order chi connectivity index (χ0) is 12.1. The molecule has 1 N–H and O–H groups in total. The number of nitrogens with one attached hydrogen (secondary N) is 1. The van der Waals surface area contributed by atoms with Crippen LogP contribution in [0, 0.1) is 0 Å². The number of aromatic nitrogens is 3. The summed E-state index contributed by atoms with van der Waals surface area (Å²) >= 11 is 7.51. The van der Waals surface area contributed by atoms with Gasteiger partial charge in [-0.1, -0.05) is 11.6 Å². The highest BCUT2D eigenvalue weighted by molar-refractivity contribution is 7.09. The van der Waals surface area contributed by atoms with Crippen LogP contribution in [0.2, 0.25) is 5.15 Å². The average molecular weight is 271 g/mol. The lowest BCUT2D eigenvalue weighted by Gasteiger charge is -2.09. The molecule has 0 amide bonds. The average Bonchev–Trinajstić information content (AvgIpc) is 2.82. The molecule has 2 aromatic rings. The highest BCUT2D eigenvalue weighted by Gasteiger charge is 2.09. The molecule has 0 aliphatic carbocycles. The second-order valence-electron chi connectivity index (χ2n) is 3.15. The van der Waals surface area contributed by atoms with Crippen LogP contribution in [-0.2, 0) is 6.42 Å². The minimum absolute atomic E-state index is 0.305. The van der Waals surface area contributed by atoms with E-state index in [0.29, 0.717) is 16.7 Å². The van der Waals surface area contributed by atoms with Crippen LogP contribution in [0.3, 0.4) is 0 Å². The van der Waals surface area contributed by atoms with E-state index in [1.807, 2.05) is 5.38 Å². The molecule has 2 heterocycles. The Labute approximate surface area is 108 Å². The van der Waals surface area contributed by atoms with Gasteiger partial charge < -0.3 is 10.1 Å².